The van der Waals surface area contributed by atoms with Crippen LogP contribution in [0.2, 0.25) is 0 Å². The standard InChI is InChI=1S/C15H19N3O2S/c1-2-16-13-9-19-8-12(13)15-17-14(18-20-15)10-21-11-6-4-3-5-7-11/h3-7,12-13,16H,2,8-10H2,1H3. The number of thioether (sulfide) groups is 1. The van der Waals surface area contributed by atoms with Crippen LogP contribution in [0.1, 0.15) is 24.6 Å². The summed E-state index contributed by atoms with van der Waals surface area (Å²) in [5.41, 5.74) is 0. The van der Waals surface area contributed by atoms with Crippen LogP contribution in [0.25, 0.3) is 0 Å². The van der Waals surface area contributed by atoms with Crippen molar-refractivity contribution in [2.75, 3.05) is 19.8 Å². The van der Waals surface area contributed by atoms with Crippen LogP contribution in [0.3, 0.4) is 0 Å². The first-order valence-corrected chi connectivity index (χ1v) is 8.17. The minimum atomic E-state index is 0.160. The van der Waals surface area contributed by atoms with Crippen LogP contribution >= 0.6 is 11.8 Å². The van der Waals surface area contributed by atoms with Gasteiger partial charge in [0.2, 0.25) is 5.89 Å². The van der Waals surface area contributed by atoms with Crippen molar-refractivity contribution in [1.82, 2.24) is 15.5 Å². The van der Waals surface area contributed by atoms with Gasteiger partial charge in [0, 0.05) is 10.9 Å². The number of benzene rings is 1. The predicted octanol–water partition coefficient (Wildman–Crippen LogP) is 2.45. The summed E-state index contributed by atoms with van der Waals surface area (Å²) in [5.74, 6) is 2.29. The van der Waals surface area contributed by atoms with Crippen molar-refractivity contribution < 1.29 is 9.26 Å². The van der Waals surface area contributed by atoms with E-state index in [2.05, 4.69) is 34.5 Å². The summed E-state index contributed by atoms with van der Waals surface area (Å²) in [5, 5.41) is 7.48. The van der Waals surface area contributed by atoms with Crippen LogP contribution in [0.15, 0.2) is 39.8 Å². The van der Waals surface area contributed by atoms with E-state index in [4.69, 9.17) is 9.26 Å². The Morgan fingerprint density at radius 2 is 2.14 bits per heavy atom. The molecule has 21 heavy (non-hydrogen) atoms. The van der Waals surface area contributed by atoms with Crippen molar-refractivity contribution in [3.8, 4) is 0 Å². The Labute approximate surface area is 128 Å². The highest BCUT2D eigenvalue weighted by atomic mass is 32.2. The molecule has 1 aliphatic rings. The zero-order valence-corrected chi connectivity index (χ0v) is 12.8. The quantitative estimate of drug-likeness (QED) is 0.827. The monoisotopic (exact) mass is 305 g/mol. The molecule has 1 aromatic carbocycles. The highest BCUT2D eigenvalue weighted by molar-refractivity contribution is 7.98. The molecule has 1 aliphatic heterocycles. The minimum Gasteiger partial charge on any atom is -0.379 e. The van der Waals surface area contributed by atoms with E-state index in [0.717, 1.165) is 12.4 Å². The van der Waals surface area contributed by atoms with Gasteiger partial charge in [-0.2, -0.15) is 4.98 Å². The van der Waals surface area contributed by atoms with E-state index in [0.29, 0.717) is 24.9 Å². The van der Waals surface area contributed by atoms with Gasteiger partial charge in [-0.25, -0.2) is 0 Å². The minimum absolute atomic E-state index is 0.160. The van der Waals surface area contributed by atoms with Gasteiger partial charge in [0.15, 0.2) is 5.82 Å². The summed E-state index contributed by atoms with van der Waals surface area (Å²) in [4.78, 5) is 5.73. The third-order valence-corrected chi connectivity index (χ3v) is 4.47. The average Bonchev–Trinajstić information content (AvgIpc) is 3.15. The molecule has 1 fully saturated rings. The Morgan fingerprint density at radius 3 is 2.95 bits per heavy atom. The number of aromatic nitrogens is 2. The first kappa shape index (κ1) is 14.6. The smallest absolute Gasteiger partial charge is 0.233 e. The summed E-state index contributed by atoms with van der Waals surface area (Å²) in [6.45, 7) is 4.35. The first-order chi connectivity index (χ1) is 10.4. The van der Waals surface area contributed by atoms with Gasteiger partial charge in [-0.3, -0.25) is 0 Å². The molecule has 0 aliphatic carbocycles. The molecular formula is C15H19N3O2S. The molecule has 3 rings (SSSR count). The Hall–Kier alpha value is -1.37. The first-order valence-electron chi connectivity index (χ1n) is 7.18. The molecule has 0 spiro atoms. The Bertz CT molecular complexity index is 561. The third kappa shape index (κ3) is 3.64. The average molecular weight is 305 g/mol. The SMILES string of the molecule is CCNC1COCC1c1nc(CSc2ccccc2)no1. The molecule has 0 radical (unpaired) electrons. The van der Waals surface area contributed by atoms with Crippen LogP contribution in [0.4, 0.5) is 0 Å². The van der Waals surface area contributed by atoms with Gasteiger partial charge in [-0.05, 0) is 18.7 Å². The summed E-state index contributed by atoms with van der Waals surface area (Å²) in [6.07, 6.45) is 0. The van der Waals surface area contributed by atoms with Crippen molar-refractivity contribution >= 4 is 11.8 Å². The van der Waals surface area contributed by atoms with Gasteiger partial charge in [-0.15, -0.1) is 11.8 Å². The van der Waals surface area contributed by atoms with E-state index in [1.807, 2.05) is 18.2 Å². The van der Waals surface area contributed by atoms with Crippen LogP contribution in [0.5, 0.6) is 0 Å². The van der Waals surface area contributed by atoms with Crippen molar-refractivity contribution in [3.05, 3.63) is 42.0 Å². The van der Waals surface area contributed by atoms with Crippen LogP contribution in [-0.4, -0.2) is 35.9 Å². The highest BCUT2D eigenvalue weighted by Gasteiger charge is 2.33. The van der Waals surface area contributed by atoms with E-state index >= 15 is 0 Å². The number of hydrogen-bond acceptors (Lipinski definition) is 6. The van der Waals surface area contributed by atoms with Crippen LogP contribution < -0.4 is 5.32 Å². The number of nitrogens with zero attached hydrogens (tertiary/aromatic N) is 2. The lowest BCUT2D eigenvalue weighted by Crippen LogP contribution is -2.34. The highest BCUT2D eigenvalue weighted by Crippen LogP contribution is 2.26. The fraction of sp³-hybridized carbons (Fsp3) is 0.467. The van der Waals surface area contributed by atoms with Crippen molar-refractivity contribution in [2.45, 2.75) is 29.5 Å². The van der Waals surface area contributed by atoms with Gasteiger partial charge in [-0.1, -0.05) is 30.3 Å². The fourth-order valence-electron chi connectivity index (χ4n) is 2.40. The van der Waals surface area contributed by atoms with Crippen molar-refractivity contribution in [1.29, 1.82) is 0 Å². The molecule has 112 valence electrons. The van der Waals surface area contributed by atoms with Crippen molar-refractivity contribution in [2.24, 2.45) is 0 Å². The van der Waals surface area contributed by atoms with E-state index < -0.39 is 0 Å². The topological polar surface area (TPSA) is 60.2 Å². The lowest BCUT2D eigenvalue weighted by Gasteiger charge is -2.13. The Balaban J connectivity index is 1.61. The molecule has 1 saturated heterocycles. The number of rotatable bonds is 6. The largest absolute Gasteiger partial charge is 0.379 e. The van der Waals surface area contributed by atoms with E-state index in [1.54, 1.807) is 11.8 Å². The molecule has 1 aromatic heterocycles. The molecule has 0 bridgehead atoms. The molecule has 6 heteroatoms. The summed E-state index contributed by atoms with van der Waals surface area (Å²) in [7, 11) is 0. The predicted molar refractivity (Wildman–Crippen MR) is 81.3 cm³/mol. The van der Waals surface area contributed by atoms with Crippen molar-refractivity contribution in [3.63, 3.8) is 0 Å². The number of likely N-dealkylation sites (N-methyl/N-ethyl adjacent to an activating group) is 1. The Kier molecular flexibility index (Phi) is 4.90. The number of hydrogen-bond donors (Lipinski definition) is 1. The summed E-state index contributed by atoms with van der Waals surface area (Å²) < 4.78 is 10.9. The second kappa shape index (κ2) is 7.06. The van der Waals surface area contributed by atoms with Crippen LogP contribution in [0, 0.1) is 0 Å². The van der Waals surface area contributed by atoms with Gasteiger partial charge in [0.1, 0.15) is 0 Å². The van der Waals surface area contributed by atoms with E-state index in [9.17, 15) is 0 Å². The molecule has 2 unspecified atom stereocenters. The van der Waals surface area contributed by atoms with E-state index in [-0.39, 0.29) is 12.0 Å². The second-order valence-corrected chi connectivity index (χ2v) is 6.01. The maximum Gasteiger partial charge on any atom is 0.233 e. The number of ether oxygens (including phenoxy) is 1. The molecule has 2 atom stereocenters. The normalized spacial score (nSPS) is 21.8. The zero-order valence-electron chi connectivity index (χ0n) is 12.0. The molecule has 0 amide bonds. The maximum absolute atomic E-state index is 5.52. The van der Waals surface area contributed by atoms with Gasteiger partial charge in [0.25, 0.3) is 0 Å². The zero-order chi connectivity index (χ0) is 14.5. The molecule has 2 heterocycles. The van der Waals surface area contributed by atoms with E-state index in [1.165, 1.54) is 4.90 Å². The molecule has 1 N–H and O–H groups in total. The lowest BCUT2D eigenvalue weighted by molar-refractivity contribution is 0.185. The van der Waals surface area contributed by atoms with Gasteiger partial charge < -0.3 is 14.6 Å². The fourth-order valence-corrected chi connectivity index (χ4v) is 3.16. The molecular weight excluding hydrogens is 286 g/mol. The van der Waals surface area contributed by atoms with Crippen LogP contribution in [-0.2, 0) is 10.5 Å². The second-order valence-electron chi connectivity index (χ2n) is 4.96. The summed E-state index contributed by atoms with van der Waals surface area (Å²) >= 11 is 1.71. The molecule has 0 saturated carbocycles. The maximum atomic E-state index is 5.52. The number of nitrogens with one attached hydrogen (secondary N) is 1. The summed E-state index contributed by atoms with van der Waals surface area (Å²) in [6, 6.07) is 10.5. The Morgan fingerprint density at radius 1 is 1.29 bits per heavy atom. The van der Waals surface area contributed by atoms with Gasteiger partial charge in [0.05, 0.1) is 24.9 Å². The molecule has 2 aromatic rings. The third-order valence-electron chi connectivity index (χ3n) is 3.46. The van der Waals surface area contributed by atoms with Gasteiger partial charge >= 0.3 is 0 Å². The molecule has 5 nitrogen and oxygen atoms in total. The lowest BCUT2D eigenvalue weighted by atomic mass is 10.0.